The van der Waals surface area contributed by atoms with Crippen LogP contribution in [0.1, 0.15) is 55.9 Å². The number of anilines is 3. The summed E-state index contributed by atoms with van der Waals surface area (Å²) in [4.78, 5) is 26.5. The fraction of sp³-hybridized carbons (Fsp3) is 0.412. The van der Waals surface area contributed by atoms with E-state index in [0.717, 1.165) is 41.7 Å². The summed E-state index contributed by atoms with van der Waals surface area (Å²) in [7, 11) is 0. The van der Waals surface area contributed by atoms with Crippen molar-refractivity contribution in [2.45, 2.75) is 58.2 Å². The van der Waals surface area contributed by atoms with Crippen LogP contribution in [-0.4, -0.2) is 55.7 Å². The molecule has 0 aliphatic carbocycles. The number of hydrogen-bond acceptors (Lipinski definition) is 8. The number of ether oxygens (including phenoxy) is 5. The summed E-state index contributed by atoms with van der Waals surface area (Å²) in [6.45, 7) is 7.44. The number of nitrogens with zero attached hydrogens (tertiary/aromatic N) is 1. The van der Waals surface area contributed by atoms with Gasteiger partial charge in [-0.2, -0.15) is 0 Å². The van der Waals surface area contributed by atoms with E-state index in [9.17, 15) is 9.59 Å². The number of cyclic esters (lactones) is 1. The van der Waals surface area contributed by atoms with Crippen molar-refractivity contribution in [1.29, 1.82) is 0 Å². The predicted octanol–water partition coefficient (Wildman–Crippen LogP) is 6.45. The van der Waals surface area contributed by atoms with E-state index in [2.05, 4.69) is 10.6 Å². The molecule has 45 heavy (non-hydrogen) atoms. The molecule has 3 amide bonds. The van der Waals surface area contributed by atoms with Crippen molar-refractivity contribution in [2.75, 3.05) is 49.3 Å². The summed E-state index contributed by atoms with van der Waals surface area (Å²) in [5, 5.41) is 5.58. The number of amides is 3. The zero-order chi connectivity index (χ0) is 31.6. The Kier molecular flexibility index (Phi) is 10.8. The number of carbonyl (C=O) groups excluding carboxylic acids is 2. The van der Waals surface area contributed by atoms with Gasteiger partial charge < -0.3 is 45.0 Å². The van der Waals surface area contributed by atoms with Gasteiger partial charge in [0, 0.05) is 49.6 Å². The highest BCUT2D eigenvalue weighted by Gasteiger charge is 2.33. The second-order valence-corrected chi connectivity index (χ2v) is 11.6. The third-order valence-electron chi connectivity index (χ3n) is 7.46. The van der Waals surface area contributed by atoms with Crippen molar-refractivity contribution in [3.63, 3.8) is 0 Å². The van der Waals surface area contributed by atoms with Crippen LogP contribution in [0.4, 0.5) is 26.7 Å². The molecule has 2 aliphatic heterocycles. The highest BCUT2D eigenvalue weighted by Crippen LogP contribution is 2.35. The molecule has 2 heterocycles. The minimum atomic E-state index is -0.641. The summed E-state index contributed by atoms with van der Waals surface area (Å²) >= 11 is 0. The number of carbonyl (C=O) groups is 2. The summed E-state index contributed by atoms with van der Waals surface area (Å²) in [6, 6.07) is 20.0. The van der Waals surface area contributed by atoms with Crippen LogP contribution in [-0.2, 0) is 32.2 Å². The highest BCUT2D eigenvalue weighted by atomic mass is 16.7. The first-order valence-corrected chi connectivity index (χ1v) is 15.3. The number of nitrogen functional groups attached to an aromatic ring is 1. The molecular formula is C34H42N4O7. The lowest BCUT2D eigenvalue weighted by atomic mass is 10.0. The van der Waals surface area contributed by atoms with E-state index < -0.39 is 5.79 Å². The van der Waals surface area contributed by atoms with Gasteiger partial charge in [-0.1, -0.05) is 24.3 Å². The molecule has 0 radical (unpaired) electrons. The number of nitrogens with two attached hydrogens (primary N) is 1. The zero-order valence-electron chi connectivity index (χ0n) is 25.9. The van der Waals surface area contributed by atoms with E-state index in [1.54, 1.807) is 29.2 Å². The molecule has 0 aromatic heterocycles. The number of rotatable bonds is 14. The molecular weight excluding hydrogens is 576 g/mol. The van der Waals surface area contributed by atoms with Gasteiger partial charge in [0.2, 0.25) is 5.79 Å². The largest absolute Gasteiger partial charge is 0.463 e. The first kappa shape index (κ1) is 32.1. The average Bonchev–Trinajstić information content (AvgIpc) is 3.37. The third kappa shape index (κ3) is 9.58. The molecule has 0 saturated carbocycles. The van der Waals surface area contributed by atoms with Gasteiger partial charge in [0.15, 0.2) is 0 Å². The maximum atomic E-state index is 12.4. The lowest BCUT2D eigenvalue weighted by Crippen LogP contribution is -2.35. The summed E-state index contributed by atoms with van der Waals surface area (Å²) < 4.78 is 28.7. The van der Waals surface area contributed by atoms with Gasteiger partial charge in [0.25, 0.3) is 0 Å². The zero-order valence-corrected chi connectivity index (χ0v) is 25.9. The Labute approximate surface area is 263 Å². The number of benzene rings is 3. The monoisotopic (exact) mass is 618 g/mol. The fourth-order valence-corrected chi connectivity index (χ4v) is 5.16. The molecule has 0 spiro atoms. The van der Waals surface area contributed by atoms with Crippen LogP contribution in [0.15, 0.2) is 66.7 Å². The Bertz CT molecular complexity index is 1460. The molecule has 1 atom stereocenters. The van der Waals surface area contributed by atoms with Gasteiger partial charge in [-0.3, -0.25) is 0 Å². The molecule has 240 valence electrons. The minimum Gasteiger partial charge on any atom is -0.463 e. The second kappa shape index (κ2) is 15.1. The van der Waals surface area contributed by atoms with Crippen molar-refractivity contribution in [3.8, 4) is 5.75 Å². The Morgan fingerprint density at radius 3 is 2.56 bits per heavy atom. The standard InChI is InChI=1S/C34H42N4O7/c1-34(2)43-23-26-19-25(12-13-30(26)45-34)31-21-38(33(40)44-31)14-4-3-5-15-41-16-17-42-22-24-8-6-10-28(18-24)36-32(39)37-29-11-7-9-27(35)20-29/h6-13,18-20,31H,3-5,14-17,21-23,35H2,1-2H3,(H2,36,37,39). The Morgan fingerprint density at radius 2 is 1.73 bits per heavy atom. The van der Waals surface area contributed by atoms with Crippen LogP contribution in [0.3, 0.4) is 0 Å². The van der Waals surface area contributed by atoms with Crippen molar-refractivity contribution >= 4 is 29.2 Å². The van der Waals surface area contributed by atoms with Gasteiger partial charge >= 0.3 is 12.1 Å². The van der Waals surface area contributed by atoms with E-state index in [1.165, 1.54) is 0 Å². The minimum absolute atomic E-state index is 0.276. The topological polar surface area (TPSA) is 134 Å². The Morgan fingerprint density at radius 1 is 0.956 bits per heavy atom. The fourth-order valence-electron chi connectivity index (χ4n) is 5.16. The maximum absolute atomic E-state index is 12.4. The first-order chi connectivity index (χ1) is 21.7. The molecule has 11 nitrogen and oxygen atoms in total. The number of urea groups is 1. The van der Waals surface area contributed by atoms with E-state index >= 15 is 0 Å². The van der Waals surface area contributed by atoms with Crippen molar-refractivity contribution in [1.82, 2.24) is 4.90 Å². The first-order valence-electron chi connectivity index (χ1n) is 15.3. The smallest absolute Gasteiger partial charge is 0.410 e. The quantitative estimate of drug-likeness (QED) is 0.139. The van der Waals surface area contributed by atoms with E-state index in [-0.39, 0.29) is 18.2 Å². The molecule has 1 fully saturated rings. The maximum Gasteiger partial charge on any atom is 0.410 e. The molecule has 2 aliphatic rings. The van der Waals surface area contributed by atoms with Gasteiger partial charge in [-0.25, -0.2) is 9.59 Å². The predicted molar refractivity (Wildman–Crippen MR) is 171 cm³/mol. The van der Waals surface area contributed by atoms with Crippen LogP contribution in [0, 0.1) is 0 Å². The molecule has 3 aromatic carbocycles. The van der Waals surface area contributed by atoms with Gasteiger partial charge in [-0.05, 0) is 72.9 Å². The van der Waals surface area contributed by atoms with Gasteiger partial charge in [-0.15, -0.1) is 0 Å². The average molecular weight is 619 g/mol. The van der Waals surface area contributed by atoms with E-state index in [4.69, 9.17) is 29.4 Å². The van der Waals surface area contributed by atoms with Gasteiger partial charge in [0.1, 0.15) is 11.9 Å². The van der Waals surface area contributed by atoms with Crippen LogP contribution < -0.4 is 21.1 Å². The number of fused-ring (bicyclic) bond motifs is 1. The molecule has 5 rings (SSSR count). The normalized spacial score (nSPS) is 16.9. The second-order valence-electron chi connectivity index (χ2n) is 11.6. The molecule has 11 heteroatoms. The molecule has 0 bridgehead atoms. The highest BCUT2D eigenvalue weighted by molar-refractivity contribution is 6.00. The van der Waals surface area contributed by atoms with Crippen LogP contribution in [0.2, 0.25) is 0 Å². The van der Waals surface area contributed by atoms with E-state index in [0.29, 0.717) is 63.2 Å². The third-order valence-corrected chi connectivity index (χ3v) is 7.46. The summed E-state index contributed by atoms with van der Waals surface area (Å²) in [5.41, 5.74) is 10.5. The SMILES string of the molecule is CC1(C)OCc2cc(C3CN(CCCCCOCCOCc4cccc(NC(=O)Nc5cccc(N)c5)c4)C(=O)O3)ccc2O1. The Hall–Kier alpha value is -4.32. The van der Waals surface area contributed by atoms with Crippen molar-refractivity contribution < 1.29 is 33.3 Å². The molecule has 1 saturated heterocycles. The van der Waals surface area contributed by atoms with Crippen molar-refractivity contribution in [3.05, 3.63) is 83.4 Å². The molecule has 1 unspecified atom stereocenters. The summed E-state index contributed by atoms with van der Waals surface area (Å²) in [5.74, 6) is 0.167. The Balaban J connectivity index is 0.908. The lowest BCUT2D eigenvalue weighted by molar-refractivity contribution is -0.180. The number of nitrogens with one attached hydrogen (secondary N) is 2. The molecule has 4 N–H and O–H groups in total. The van der Waals surface area contributed by atoms with Crippen molar-refractivity contribution in [2.24, 2.45) is 0 Å². The van der Waals surface area contributed by atoms with Gasteiger partial charge in [0.05, 0.1) is 33.0 Å². The lowest BCUT2D eigenvalue weighted by Gasteiger charge is -2.32. The van der Waals surface area contributed by atoms with Crippen LogP contribution in [0.5, 0.6) is 5.75 Å². The molecule has 3 aromatic rings. The van der Waals surface area contributed by atoms with Crippen LogP contribution >= 0.6 is 0 Å². The number of hydrogen-bond donors (Lipinski definition) is 3. The number of unbranched alkanes of at least 4 members (excludes halogenated alkanes) is 2. The summed E-state index contributed by atoms with van der Waals surface area (Å²) in [6.07, 6.45) is 2.16. The van der Waals surface area contributed by atoms with E-state index in [1.807, 2.05) is 56.3 Å². The van der Waals surface area contributed by atoms with Crippen LogP contribution in [0.25, 0.3) is 0 Å².